The molecule has 0 radical (unpaired) electrons. The van der Waals surface area contributed by atoms with E-state index < -0.39 is 0 Å². The van der Waals surface area contributed by atoms with Gasteiger partial charge in [0.2, 0.25) is 0 Å². The third-order valence-electron chi connectivity index (χ3n) is 3.18. The van der Waals surface area contributed by atoms with Crippen LogP contribution in [0.4, 0.5) is 4.39 Å². The molecule has 0 saturated carbocycles. The maximum atomic E-state index is 13.4. The Hall–Kier alpha value is -1.23. The van der Waals surface area contributed by atoms with Gasteiger partial charge in [0, 0.05) is 4.47 Å². The zero-order valence-electron chi connectivity index (χ0n) is 10.9. The first kappa shape index (κ1) is 14.2. The van der Waals surface area contributed by atoms with Crippen LogP contribution in [-0.2, 0) is 0 Å². The van der Waals surface area contributed by atoms with E-state index in [1.54, 1.807) is 6.07 Å². The van der Waals surface area contributed by atoms with Crippen molar-refractivity contribution in [1.29, 1.82) is 0 Å². The zero-order chi connectivity index (χ0) is 14.0. The Morgan fingerprint density at radius 3 is 2.53 bits per heavy atom. The monoisotopic (exact) mass is 322 g/mol. The molecule has 0 aliphatic rings. The fraction of sp³-hybridized carbons (Fsp3) is 0.200. The van der Waals surface area contributed by atoms with E-state index in [9.17, 15) is 4.39 Å². The van der Waals surface area contributed by atoms with Crippen LogP contribution in [0.5, 0.6) is 0 Å². The molecule has 0 fully saturated rings. The van der Waals surface area contributed by atoms with E-state index in [4.69, 9.17) is 5.84 Å². The van der Waals surface area contributed by atoms with Gasteiger partial charge in [-0.3, -0.25) is 5.84 Å². The number of hydrazine groups is 1. The van der Waals surface area contributed by atoms with E-state index in [2.05, 4.69) is 27.4 Å². The van der Waals surface area contributed by atoms with Crippen molar-refractivity contribution in [3.63, 3.8) is 0 Å². The molecule has 0 saturated heterocycles. The summed E-state index contributed by atoms with van der Waals surface area (Å²) in [6, 6.07) is 10.5. The van der Waals surface area contributed by atoms with Crippen molar-refractivity contribution in [2.24, 2.45) is 5.84 Å². The molecule has 2 aromatic rings. The van der Waals surface area contributed by atoms with Crippen LogP contribution in [-0.4, -0.2) is 0 Å². The average molecular weight is 323 g/mol. The highest BCUT2D eigenvalue weighted by molar-refractivity contribution is 9.10. The summed E-state index contributed by atoms with van der Waals surface area (Å²) < 4.78 is 14.3. The van der Waals surface area contributed by atoms with Gasteiger partial charge in [-0.15, -0.1) is 0 Å². The number of benzene rings is 2. The average Bonchev–Trinajstić information content (AvgIpc) is 2.38. The quantitative estimate of drug-likeness (QED) is 0.667. The Kier molecular flexibility index (Phi) is 4.34. The van der Waals surface area contributed by atoms with Crippen molar-refractivity contribution in [2.45, 2.75) is 19.9 Å². The molecular formula is C15H16BrFN2. The maximum absolute atomic E-state index is 13.4. The second-order valence-corrected chi connectivity index (χ2v) is 5.48. The predicted octanol–water partition coefficient (Wildman–Crippen LogP) is 3.76. The molecule has 0 heterocycles. The Morgan fingerprint density at radius 1 is 1.11 bits per heavy atom. The Labute approximate surface area is 120 Å². The molecule has 100 valence electrons. The number of rotatable bonds is 3. The van der Waals surface area contributed by atoms with Crippen LogP contribution in [0.3, 0.4) is 0 Å². The molecule has 0 aliphatic carbocycles. The third kappa shape index (κ3) is 3.03. The lowest BCUT2D eigenvalue weighted by Crippen LogP contribution is -2.29. The molecule has 0 spiro atoms. The maximum Gasteiger partial charge on any atom is 0.123 e. The Balaban J connectivity index is 2.55. The van der Waals surface area contributed by atoms with Crippen LogP contribution in [0, 0.1) is 19.7 Å². The molecule has 2 nitrogen and oxygen atoms in total. The minimum absolute atomic E-state index is 0.245. The largest absolute Gasteiger partial charge is 0.271 e. The fourth-order valence-corrected chi connectivity index (χ4v) is 2.63. The SMILES string of the molecule is Cc1ccc(C)c(C(NN)c2cc(F)ccc2Br)c1. The molecule has 0 amide bonds. The van der Waals surface area contributed by atoms with E-state index in [1.165, 1.54) is 12.1 Å². The number of hydrogen-bond acceptors (Lipinski definition) is 2. The number of hydrogen-bond donors (Lipinski definition) is 2. The van der Waals surface area contributed by atoms with Gasteiger partial charge in [0.15, 0.2) is 0 Å². The summed E-state index contributed by atoms with van der Waals surface area (Å²) in [5.41, 5.74) is 6.87. The van der Waals surface area contributed by atoms with E-state index >= 15 is 0 Å². The van der Waals surface area contributed by atoms with Gasteiger partial charge in [-0.25, -0.2) is 9.82 Å². The van der Waals surface area contributed by atoms with Crippen LogP contribution in [0.2, 0.25) is 0 Å². The predicted molar refractivity (Wildman–Crippen MR) is 79.2 cm³/mol. The number of nitrogens with two attached hydrogens (primary N) is 1. The van der Waals surface area contributed by atoms with Gasteiger partial charge < -0.3 is 0 Å². The topological polar surface area (TPSA) is 38.0 Å². The molecule has 0 bridgehead atoms. The van der Waals surface area contributed by atoms with E-state index in [-0.39, 0.29) is 11.9 Å². The standard InChI is InChI=1S/C15H16BrFN2/c1-9-3-4-10(2)12(7-9)15(19-18)13-8-11(17)5-6-14(13)16/h3-8,15,19H,18H2,1-2H3. The van der Waals surface area contributed by atoms with Crippen molar-refractivity contribution in [1.82, 2.24) is 5.43 Å². The van der Waals surface area contributed by atoms with Gasteiger partial charge in [0.1, 0.15) is 5.82 Å². The first-order chi connectivity index (χ1) is 9.02. The normalized spacial score (nSPS) is 12.5. The minimum Gasteiger partial charge on any atom is -0.271 e. The van der Waals surface area contributed by atoms with Gasteiger partial charge in [-0.2, -0.15) is 0 Å². The lowest BCUT2D eigenvalue weighted by molar-refractivity contribution is 0.602. The summed E-state index contributed by atoms with van der Waals surface area (Å²) >= 11 is 3.45. The molecule has 0 aliphatic heterocycles. The lowest BCUT2D eigenvalue weighted by atomic mass is 9.94. The summed E-state index contributed by atoms with van der Waals surface area (Å²) in [7, 11) is 0. The number of aryl methyl sites for hydroxylation is 2. The Bertz CT molecular complexity index is 547. The van der Waals surface area contributed by atoms with Crippen LogP contribution in [0.25, 0.3) is 0 Å². The van der Waals surface area contributed by atoms with Crippen LogP contribution in [0.1, 0.15) is 28.3 Å². The molecular weight excluding hydrogens is 307 g/mol. The van der Waals surface area contributed by atoms with Crippen LogP contribution in [0.15, 0.2) is 40.9 Å². The number of halogens is 2. The third-order valence-corrected chi connectivity index (χ3v) is 3.90. The first-order valence-electron chi connectivity index (χ1n) is 6.01. The second-order valence-electron chi connectivity index (χ2n) is 4.63. The lowest BCUT2D eigenvalue weighted by Gasteiger charge is -2.21. The van der Waals surface area contributed by atoms with Gasteiger partial charge in [0.05, 0.1) is 6.04 Å². The summed E-state index contributed by atoms with van der Waals surface area (Å²) in [5, 5.41) is 0. The molecule has 2 rings (SSSR count). The highest BCUT2D eigenvalue weighted by Gasteiger charge is 2.18. The van der Waals surface area contributed by atoms with E-state index in [0.29, 0.717) is 0 Å². The second kappa shape index (κ2) is 5.82. The fourth-order valence-electron chi connectivity index (χ4n) is 2.15. The smallest absolute Gasteiger partial charge is 0.123 e. The summed E-state index contributed by atoms with van der Waals surface area (Å²) in [4.78, 5) is 0. The van der Waals surface area contributed by atoms with Gasteiger partial charge in [-0.1, -0.05) is 39.7 Å². The van der Waals surface area contributed by atoms with E-state index in [0.717, 1.165) is 26.7 Å². The molecule has 19 heavy (non-hydrogen) atoms. The molecule has 1 atom stereocenters. The van der Waals surface area contributed by atoms with E-state index in [1.807, 2.05) is 26.0 Å². The van der Waals surface area contributed by atoms with Gasteiger partial charge in [0.25, 0.3) is 0 Å². The Morgan fingerprint density at radius 2 is 1.84 bits per heavy atom. The van der Waals surface area contributed by atoms with Crippen molar-refractivity contribution in [3.05, 3.63) is 68.9 Å². The molecule has 1 unspecified atom stereocenters. The zero-order valence-corrected chi connectivity index (χ0v) is 12.5. The summed E-state index contributed by atoms with van der Waals surface area (Å²) in [6.07, 6.45) is 0. The number of nitrogens with one attached hydrogen (secondary N) is 1. The summed E-state index contributed by atoms with van der Waals surface area (Å²) in [6.45, 7) is 4.05. The van der Waals surface area contributed by atoms with Crippen molar-refractivity contribution < 1.29 is 4.39 Å². The van der Waals surface area contributed by atoms with Crippen molar-refractivity contribution in [3.8, 4) is 0 Å². The first-order valence-corrected chi connectivity index (χ1v) is 6.80. The molecule has 3 N–H and O–H groups in total. The van der Waals surface area contributed by atoms with Gasteiger partial charge in [-0.05, 0) is 48.7 Å². The summed E-state index contributed by atoms with van der Waals surface area (Å²) in [5.74, 6) is 5.41. The van der Waals surface area contributed by atoms with Crippen molar-refractivity contribution in [2.75, 3.05) is 0 Å². The van der Waals surface area contributed by atoms with Crippen LogP contribution >= 0.6 is 15.9 Å². The molecule has 2 aromatic carbocycles. The van der Waals surface area contributed by atoms with Crippen molar-refractivity contribution >= 4 is 15.9 Å². The minimum atomic E-state index is -0.274. The highest BCUT2D eigenvalue weighted by Crippen LogP contribution is 2.30. The molecule has 0 aromatic heterocycles. The van der Waals surface area contributed by atoms with Gasteiger partial charge >= 0.3 is 0 Å². The van der Waals surface area contributed by atoms with Crippen LogP contribution < -0.4 is 11.3 Å². The highest BCUT2D eigenvalue weighted by atomic mass is 79.9. The molecule has 4 heteroatoms.